The zero-order chi connectivity index (χ0) is 44.4. The molecule has 5 atom stereocenters. The molecule has 6 aliphatic rings. The first-order valence-electron chi connectivity index (χ1n) is 21.7. The van der Waals surface area contributed by atoms with Crippen molar-refractivity contribution in [2.24, 2.45) is 17.3 Å². The van der Waals surface area contributed by atoms with E-state index in [-0.39, 0.29) is 36.9 Å². The maximum absolute atomic E-state index is 14.8. The second-order valence-electron chi connectivity index (χ2n) is 19.4. The molecule has 5 fully saturated rings. The molecule has 0 unspecified atom stereocenters. The van der Waals surface area contributed by atoms with E-state index in [0.29, 0.717) is 25.9 Å². The molecule has 62 heavy (non-hydrogen) atoms. The van der Waals surface area contributed by atoms with Gasteiger partial charge in [-0.2, -0.15) is 13.2 Å². The lowest BCUT2D eigenvalue weighted by Gasteiger charge is -2.36. The van der Waals surface area contributed by atoms with Crippen LogP contribution in [0, 0.1) is 17.3 Å². The number of morpholine rings is 1. The van der Waals surface area contributed by atoms with Gasteiger partial charge in [-0.25, -0.2) is 13.2 Å². The number of anilines is 1. The number of rotatable bonds is 13. The van der Waals surface area contributed by atoms with Crippen LogP contribution in [0.3, 0.4) is 0 Å². The monoisotopic (exact) mass is 886 g/mol. The summed E-state index contributed by atoms with van der Waals surface area (Å²) in [7, 11) is -4.03. The van der Waals surface area contributed by atoms with E-state index in [2.05, 4.69) is 32.4 Å². The summed E-state index contributed by atoms with van der Waals surface area (Å²) < 4.78 is 80.2. The molecule has 3 aliphatic carbocycles. The van der Waals surface area contributed by atoms with Crippen LogP contribution < -0.4 is 15.4 Å². The van der Waals surface area contributed by atoms with Crippen LogP contribution >= 0.6 is 0 Å². The first kappa shape index (κ1) is 44.2. The van der Waals surface area contributed by atoms with Gasteiger partial charge in [0.05, 0.1) is 30.1 Å². The third-order valence-corrected chi connectivity index (χ3v) is 15.7. The highest BCUT2D eigenvalue weighted by Crippen LogP contribution is 2.57. The molecule has 0 bridgehead atoms. The van der Waals surface area contributed by atoms with Gasteiger partial charge in [-0.3, -0.25) is 28.9 Å². The molecule has 0 spiro atoms. The molecule has 0 aromatic heterocycles. The van der Waals surface area contributed by atoms with Crippen LogP contribution in [-0.2, 0) is 59.6 Å². The Morgan fingerprint density at radius 1 is 0.984 bits per heavy atom. The Hall–Kier alpha value is -4.42. The predicted octanol–water partition coefficient (Wildman–Crippen LogP) is 4.81. The van der Waals surface area contributed by atoms with Crippen LogP contribution in [-0.4, -0.2) is 115 Å². The first-order chi connectivity index (χ1) is 29.2. The molecule has 3 aliphatic heterocycles. The fourth-order valence-corrected chi connectivity index (χ4v) is 10.4. The number of alkyl halides is 3. The molecule has 338 valence electrons. The third kappa shape index (κ3) is 9.28. The van der Waals surface area contributed by atoms with E-state index in [0.717, 1.165) is 80.9 Å². The van der Waals surface area contributed by atoms with E-state index < -0.39 is 79.5 Å². The van der Waals surface area contributed by atoms with Gasteiger partial charge in [0.15, 0.2) is 0 Å². The fraction of sp³-hybridized carbons (Fsp3) is 0.636. The van der Waals surface area contributed by atoms with Gasteiger partial charge in [-0.1, -0.05) is 45.0 Å². The molecule has 18 heteroatoms. The number of halogens is 3. The molecular weight excluding hydrogens is 830 g/mol. The van der Waals surface area contributed by atoms with Gasteiger partial charge in [0.1, 0.15) is 23.7 Å². The van der Waals surface area contributed by atoms with Gasteiger partial charge in [0.2, 0.25) is 21.8 Å². The number of nitrogens with zero attached hydrogens (tertiary/aromatic N) is 3. The normalized spacial score (nSPS) is 26.3. The van der Waals surface area contributed by atoms with E-state index >= 15 is 0 Å². The van der Waals surface area contributed by atoms with Crippen molar-refractivity contribution in [2.45, 2.75) is 120 Å². The summed E-state index contributed by atoms with van der Waals surface area (Å²) >= 11 is 0. The summed E-state index contributed by atoms with van der Waals surface area (Å²) in [5, 5.41) is 5.86. The van der Waals surface area contributed by atoms with Crippen LogP contribution in [0.1, 0.15) is 88.5 Å². The van der Waals surface area contributed by atoms with Crippen LogP contribution in [0.4, 0.5) is 23.7 Å². The quantitative estimate of drug-likeness (QED) is 0.254. The molecule has 8 rings (SSSR count). The summed E-state index contributed by atoms with van der Waals surface area (Å²) in [6.07, 6.45) is -2.79. The lowest BCUT2D eigenvalue weighted by molar-refractivity contribution is -0.141. The van der Waals surface area contributed by atoms with Crippen LogP contribution in [0.2, 0.25) is 0 Å². The Bertz CT molecular complexity index is 2200. The highest BCUT2D eigenvalue weighted by Gasteiger charge is 2.67. The number of nitrogens with one attached hydrogen (secondary N) is 3. The molecule has 2 aromatic carbocycles. The molecule has 0 radical (unpaired) electrons. The lowest BCUT2D eigenvalue weighted by atomic mass is 9.85. The van der Waals surface area contributed by atoms with Crippen LogP contribution in [0.5, 0.6) is 0 Å². The first-order valence-corrected chi connectivity index (χ1v) is 23.1. The number of carbonyl (C=O) groups is 4. The van der Waals surface area contributed by atoms with Gasteiger partial charge in [-0.05, 0) is 97.6 Å². The van der Waals surface area contributed by atoms with E-state index in [1.165, 1.54) is 17.0 Å². The SMILES string of the molecule is CC(C)(C)[C@H](Nc1cccc(C(F)(F)F)c1)C(=O)N1C[C@H](OC(=O)N2Cc3ccc(CCN4CCOCC4)cc3C2)C[C@H]1C(=O)N[C@]1(C(=O)NS(=O)(=O)C2(C)CC2)C[C@H]1C1CC1. The lowest BCUT2D eigenvalue weighted by Crippen LogP contribution is -2.59. The topological polar surface area (TPSA) is 167 Å². The van der Waals surface area contributed by atoms with Crippen molar-refractivity contribution in [2.75, 3.05) is 44.7 Å². The van der Waals surface area contributed by atoms with Crippen molar-refractivity contribution in [3.63, 3.8) is 0 Å². The van der Waals surface area contributed by atoms with Crippen LogP contribution in [0.15, 0.2) is 42.5 Å². The Morgan fingerprint density at radius 2 is 1.69 bits per heavy atom. The van der Waals surface area contributed by atoms with Gasteiger partial charge in [0.25, 0.3) is 5.91 Å². The van der Waals surface area contributed by atoms with Crippen molar-refractivity contribution in [3.8, 4) is 0 Å². The standard InChI is InChI=1S/C44H57F3N6O8S/c1-41(2,3)36(48-32-7-5-6-31(21-32)44(45,46)47)38(55)53-26-33(61-40(57)52-24-29-9-8-27(20-30(29)25-52)12-15-51-16-18-60-19-17-51)22-35(53)37(54)49-43(23-34(43)28-10-11-28)39(56)50-62(58,59)42(4)13-14-42/h5-9,20-21,28,33-36,48H,10-19,22-26H2,1-4H3,(H,49,54)(H,50,56)/t33-,34+,35+,36-,43-/m1/s1. The van der Waals surface area contributed by atoms with E-state index in [1.807, 2.05) is 6.07 Å². The minimum Gasteiger partial charge on any atom is -0.444 e. The van der Waals surface area contributed by atoms with Crippen molar-refractivity contribution in [3.05, 3.63) is 64.7 Å². The average Bonchev–Trinajstić information content (AvgIpc) is 4.17. The number of likely N-dealkylation sites (tertiary alicyclic amines) is 1. The number of benzene rings is 2. The number of hydrogen-bond donors (Lipinski definition) is 3. The highest BCUT2D eigenvalue weighted by atomic mass is 32.2. The minimum atomic E-state index is -4.63. The smallest absolute Gasteiger partial charge is 0.416 e. The minimum absolute atomic E-state index is 0.0422. The molecule has 4 amide bonds. The molecule has 2 saturated heterocycles. The van der Waals surface area contributed by atoms with Crippen LogP contribution in [0.25, 0.3) is 0 Å². The van der Waals surface area contributed by atoms with Crippen molar-refractivity contribution < 1.29 is 50.2 Å². The second kappa shape index (κ2) is 16.3. The number of amides is 4. The summed E-state index contributed by atoms with van der Waals surface area (Å²) in [5.41, 5.74) is -0.124. The second-order valence-corrected chi connectivity index (χ2v) is 21.6. The largest absolute Gasteiger partial charge is 0.444 e. The number of carbonyl (C=O) groups excluding carboxylic acids is 4. The van der Waals surface area contributed by atoms with Crippen molar-refractivity contribution in [1.29, 1.82) is 0 Å². The summed E-state index contributed by atoms with van der Waals surface area (Å²) in [5.74, 6) is -2.32. The highest BCUT2D eigenvalue weighted by molar-refractivity contribution is 7.91. The van der Waals surface area contributed by atoms with Gasteiger partial charge < -0.3 is 25.0 Å². The molecule has 3 N–H and O–H groups in total. The molecule has 2 aromatic rings. The Morgan fingerprint density at radius 3 is 2.35 bits per heavy atom. The predicted molar refractivity (Wildman–Crippen MR) is 222 cm³/mol. The fourth-order valence-electron chi connectivity index (χ4n) is 9.10. The van der Waals surface area contributed by atoms with E-state index in [1.54, 1.807) is 32.6 Å². The average molecular weight is 887 g/mol. The van der Waals surface area contributed by atoms with E-state index in [4.69, 9.17) is 9.47 Å². The summed E-state index contributed by atoms with van der Waals surface area (Å²) in [6.45, 7) is 11.3. The number of sulfonamides is 1. The van der Waals surface area contributed by atoms with E-state index in [9.17, 15) is 40.8 Å². The Kier molecular flexibility index (Phi) is 11.6. The maximum Gasteiger partial charge on any atom is 0.416 e. The summed E-state index contributed by atoms with van der Waals surface area (Å²) in [6, 6.07) is 8.28. The zero-order valence-corrected chi connectivity index (χ0v) is 36.5. The Labute approximate surface area is 360 Å². The van der Waals surface area contributed by atoms with Gasteiger partial charge in [0, 0.05) is 44.8 Å². The zero-order valence-electron chi connectivity index (χ0n) is 35.7. The third-order valence-electron chi connectivity index (χ3n) is 13.6. The van der Waals surface area contributed by atoms with Crippen molar-refractivity contribution >= 4 is 39.5 Å². The van der Waals surface area contributed by atoms with Gasteiger partial charge in [-0.15, -0.1) is 0 Å². The molecule has 3 saturated carbocycles. The molecular formula is C44H57F3N6O8S. The molecule has 3 heterocycles. The van der Waals surface area contributed by atoms with Crippen molar-refractivity contribution in [1.82, 2.24) is 24.7 Å². The Balaban J connectivity index is 1.01. The number of ether oxygens (including phenoxy) is 2. The summed E-state index contributed by atoms with van der Waals surface area (Å²) in [4.78, 5) is 62.2. The number of fused-ring (bicyclic) bond motifs is 1. The number of hydrogen-bond acceptors (Lipinski definition) is 10. The molecule has 14 nitrogen and oxygen atoms in total. The maximum atomic E-state index is 14.8. The van der Waals surface area contributed by atoms with Gasteiger partial charge >= 0.3 is 12.3 Å².